The van der Waals surface area contributed by atoms with Crippen LogP contribution in [0.4, 0.5) is 4.39 Å². The molecule has 0 aromatic heterocycles. The third-order valence-corrected chi connectivity index (χ3v) is 5.24. The fraction of sp³-hybridized carbons (Fsp3) is 0.435. The van der Waals surface area contributed by atoms with E-state index >= 15 is 0 Å². The summed E-state index contributed by atoms with van der Waals surface area (Å²) in [6.45, 7) is 2.79. The largest absolute Gasteiger partial charge is 0.463 e. The number of aliphatic hydroxyl groups excluding tert-OH is 3. The SMILES string of the molecule is CCCc1ccc(O[C@@H]2O[C@H](CO)[C@H](O)[C@H](O)[C@H]2NC(C)=O)cc1-c1cccc(F)c1. The molecule has 5 atom stereocenters. The van der Waals surface area contributed by atoms with Gasteiger partial charge in [0.1, 0.15) is 35.9 Å². The summed E-state index contributed by atoms with van der Waals surface area (Å²) < 4.78 is 25.4. The van der Waals surface area contributed by atoms with Crippen molar-refractivity contribution in [1.29, 1.82) is 0 Å². The zero-order valence-corrected chi connectivity index (χ0v) is 17.5. The van der Waals surface area contributed by atoms with Crippen LogP contribution in [0.25, 0.3) is 11.1 Å². The minimum absolute atomic E-state index is 0.351. The van der Waals surface area contributed by atoms with E-state index in [-0.39, 0.29) is 5.82 Å². The van der Waals surface area contributed by atoms with Crippen molar-refractivity contribution in [3.05, 3.63) is 53.8 Å². The molecule has 1 saturated heterocycles. The highest BCUT2D eigenvalue weighted by atomic mass is 19.1. The van der Waals surface area contributed by atoms with Crippen LogP contribution >= 0.6 is 0 Å². The van der Waals surface area contributed by atoms with E-state index < -0.39 is 43.2 Å². The number of aryl methyl sites for hydroxylation is 1. The van der Waals surface area contributed by atoms with Crippen LogP contribution in [0.1, 0.15) is 25.8 Å². The molecule has 0 radical (unpaired) electrons. The quantitative estimate of drug-likeness (QED) is 0.530. The summed E-state index contributed by atoms with van der Waals surface area (Å²) in [5.41, 5.74) is 2.51. The lowest BCUT2D eigenvalue weighted by atomic mass is 9.96. The molecule has 31 heavy (non-hydrogen) atoms. The molecule has 2 aromatic carbocycles. The zero-order chi connectivity index (χ0) is 22.5. The maximum Gasteiger partial charge on any atom is 0.223 e. The molecule has 7 nitrogen and oxygen atoms in total. The Morgan fingerprint density at radius 3 is 2.61 bits per heavy atom. The molecule has 1 heterocycles. The van der Waals surface area contributed by atoms with Gasteiger partial charge in [0.05, 0.1) is 6.61 Å². The summed E-state index contributed by atoms with van der Waals surface area (Å²) in [7, 11) is 0. The second-order valence-corrected chi connectivity index (χ2v) is 7.63. The molecular weight excluding hydrogens is 405 g/mol. The van der Waals surface area contributed by atoms with E-state index in [1.807, 2.05) is 6.07 Å². The van der Waals surface area contributed by atoms with E-state index in [1.54, 1.807) is 24.3 Å². The Bertz CT molecular complexity index is 907. The van der Waals surface area contributed by atoms with Crippen molar-refractivity contribution in [3.63, 3.8) is 0 Å². The van der Waals surface area contributed by atoms with Gasteiger partial charge in [-0.15, -0.1) is 0 Å². The number of carbonyl (C=O) groups excluding carboxylic acids is 1. The number of carbonyl (C=O) groups is 1. The van der Waals surface area contributed by atoms with Gasteiger partial charge in [-0.1, -0.05) is 31.5 Å². The van der Waals surface area contributed by atoms with E-state index in [4.69, 9.17) is 9.47 Å². The Hall–Kier alpha value is -2.52. The Morgan fingerprint density at radius 1 is 1.19 bits per heavy atom. The predicted octanol–water partition coefficient (Wildman–Crippen LogP) is 1.77. The molecule has 0 spiro atoms. The van der Waals surface area contributed by atoms with Crippen molar-refractivity contribution >= 4 is 5.91 Å². The number of amides is 1. The minimum atomic E-state index is -1.40. The summed E-state index contributed by atoms with van der Waals surface area (Å²) in [5.74, 6) is -0.412. The second kappa shape index (κ2) is 10.2. The van der Waals surface area contributed by atoms with Crippen molar-refractivity contribution in [3.8, 4) is 16.9 Å². The highest BCUT2D eigenvalue weighted by Crippen LogP contribution is 2.31. The van der Waals surface area contributed by atoms with Crippen LogP contribution in [-0.2, 0) is 16.0 Å². The van der Waals surface area contributed by atoms with Crippen molar-refractivity contribution in [2.75, 3.05) is 6.61 Å². The van der Waals surface area contributed by atoms with E-state index in [0.29, 0.717) is 11.3 Å². The van der Waals surface area contributed by atoms with E-state index in [9.17, 15) is 24.5 Å². The van der Waals surface area contributed by atoms with Crippen LogP contribution < -0.4 is 10.1 Å². The van der Waals surface area contributed by atoms with E-state index in [2.05, 4.69) is 12.2 Å². The molecule has 4 N–H and O–H groups in total. The molecule has 1 aliphatic heterocycles. The predicted molar refractivity (Wildman–Crippen MR) is 112 cm³/mol. The summed E-state index contributed by atoms with van der Waals surface area (Å²) in [6.07, 6.45) is -3.33. The minimum Gasteiger partial charge on any atom is -0.463 e. The molecule has 1 aliphatic rings. The molecule has 0 saturated carbocycles. The second-order valence-electron chi connectivity index (χ2n) is 7.63. The zero-order valence-electron chi connectivity index (χ0n) is 17.5. The number of rotatable bonds is 7. The van der Waals surface area contributed by atoms with Gasteiger partial charge in [-0.3, -0.25) is 4.79 Å². The number of halogens is 1. The third-order valence-electron chi connectivity index (χ3n) is 5.24. The van der Waals surface area contributed by atoms with Gasteiger partial charge in [-0.05, 0) is 47.4 Å². The normalized spacial score (nSPS) is 25.8. The maximum atomic E-state index is 13.8. The first kappa shape index (κ1) is 23.1. The number of nitrogens with one attached hydrogen (secondary N) is 1. The van der Waals surface area contributed by atoms with Gasteiger partial charge in [-0.2, -0.15) is 0 Å². The van der Waals surface area contributed by atoms with E-state index in [0.717, 1.165) is 24.0 Å². The van der Waals surface area contributed by atoms with Gasteiger partial charge in [0.2, 0.25) is 12.2 Å². The third kappa shape index (κ3) is 5.40. The monoisotopic (exact) mass is 433 g/mol. The van der Waals surface area contributed by atoms with Gasteiger partial charge >= 0.3 is 0 Å². The first-order valence-electron chi connectivity index (χ1n) is 10.3. The van der Waals surface area contributed by atoms with Gasteiger partial charge in [-0.25, -0.2) is 4.39 Å². The van der Waals surface area contributed by atoms with Gasteiger partial charge in [0.25, 0.3) is 0 Å². The van der Waals surface area contributed by atoms with Gasteiger partial charge in [0, 0.05) is 6.92 Å². The molecule has 8 heteroatoms. The molecule has 1 amide bonds. The molecule has 2 aromatic rings. The summed E-state index contributed by atoms with van der Waals surface area (Å²) >= 11 is 0. The summed E-state index contributed by atoms with van der Waals surface area (Å²) in [4.78, 5) is 11.6. The highest BCUT2D eigenvalue weighted by Gasteiger charge is 2.46. The summed E-state index contributed by atoms with van der Waals surface area (Å²) in [6, 6.07) is 10.6. The van der Waals surface area contributed by atoms with Crippen LogP contribution in [0.3, 0.4) is 0 Å². The number of benzene rings is 2. The molecule has 0 unspecified atom stereocenters. The highest BCUT2D eigenvalue weighted by molar-refractivity contribution is 5.73. The first-order chi connectivity index (χ1) is 14.8. The molecule has 0 bridgehead atoms. The average molecular weight is 433 g/mol. The fourth-order valence-electron chi connectivity index (χ4n) is 3.75. The Morgan fingerprint density at radius 2 is 1.97 bits per heavy atom. The lowest BCUT2D eigenvalue weighted by molar-refractivity contribution is -0.244. The van der Waals surface area contributed by atoms with Crippen LogP contribution in [0.5, 0.6) is 5.75 Å². The fourth-order valence-corrected chi connectivity index (χ4v) is 3.75. The lowest BCUT2D eigenvalue weighted by Gasteiger charge is -2.42. The van der Waals surface area contributed by atoms with Crippen molar-refractivity contribution < 1.29 is 34.0 Å². The molecule has 3 rings (SSSR count). The molecule has 168 valence electrons. The number of hydrogen-bond acceptors (Lipinski definition) is 6. The number of hydrogen-bond donors (Lipinski definition) is 4. The summed E-state index contributed by atoms with van der Waals surface area (Å²) in [5, 5.41) is 32.6. The van der Waals surface area contributed by atoms with Crippen molar-refractivity contribution in [2.24, 2.45) is 0 Å². The van der Waals surface area contributed by atoms with Gasteiger partial charge < -0.3 is 30.1 Å². The van der Waals surface area contributed by atoms with Crippen LogP contribution in [0.2, 0.25) is 0 Å². The first-order valence-corrected chi connectivity index (χ1v) is 10.3. The Kier molecular flexibility index (Phi) is 7.61. The maximum absolute atomic E-state index is 13.8. The number of ether oxygens (including phenoxy) is 2. The topological polar surface area (TPSA) is 108 Å². The van der Waals surface area contributed by atoms with Crippen LogP contribution in [0, 0.1) is 5.82 Å². The Balaban J connectivity index is 1.94. The smallest absolute Gasteiger partial charge is 0.223 e. The molecular formula is C23H28FNO6. The van der Waals surface area contributed by atoms with Gasteiger partial charge in [0.15, 0.2) is 0 Å². The molecule has 0 aliphatic carbocycles. The average Bonchev–Trinajstić information content (AvgIpc) is 2.74. The van der Waals surface area contributed by atoms with Crippen LogP contribution in [-0.4, -0.2) is 58.5 Å². The van der Waals surface area contributed by atoms with Crippen molar-refractivity contribution in [2.45, 2.75) is 57.3 Å². The lowest BCUT2D eigenvalue weighted by Crippen LogP contribution is -2.65. The number of aliphatic hydroxyl groups is 3. The van der Waals surface area contributed by atoms with Crippen molar-refractivity contribution in [1.82, 2.24) is 5.32 Å². The Labute approximate surface area is 180 Å². The standard InChI is InChI=1S/C23H28FNO6/c1-3-5-14-8-9-17(11-18(14)15-6-4-7-16(24)10-15)30-23-20(25-13(2)27)22(29)21(28)19(12-26)31-23/h4,6-11,19-23,26,28-29H,3,5,12H2,1-2H3,(H,25,27)/t19-,20-,21+,22-,23-/m1/s1. The van der Waals surface area contributed by atoms with E-state index in [1.165, 1.54) is 19.1 Å². The van der Waals surface area contributed by atoms with Crippen LogP contribution in [0.15, 0.2) is 42.5 Å². The molecule has 1 fully saturated rings.